The minimum atomic E-state index is -3.88. The topological polar surface area (TPSA) is 134 Å². The van der Waals surface area contributed by atoms with Crippen LogP contribution in [0.1, 0.15) is 12.6 Å². The van der Waals surface area contributed by atoms with E-state index in [1.54, 1.807) is 49.5 Å². The van der Waals surface area contributed by atoms with Crippen LogP contribution >= 0.6 is 0 Å². The van der Waals surface area contributed by atoms with E-state index in [9.17, 15) is 8.42 Å². The number of nitrogens with one attached hydrogen (secondary N) is 1. The van der Waals surface area contributed by atoms with Crippen molar-refractivity contribution in [2.75, 3.05) is 18.9 Å². The van der Waals surface area contributed by atoms with Crippen molar-refractivity contribution in [3.05, 3.63) is 60.9 Å². The molecule has 3 aromatic heterocycles. The molecule has 4 rings (SSSR count). The van der Waals surface area contributed by atoms with E-state index in [1.807, 2.05) is 0 Å². The summed E-state index contributed by atoms with van der Waals surface area (Å²) in [7, 11) is -0.877. The van der Waals surface area contributed by atoms with Crippen LogP contribution in [0.15, 0.2) is 59.6 Å². The summed E-state index contributed by atoms with van der Waals surface area (Å²) in [6.07, 6.45) is 4.62. The second-order valence-corrected chi connectivity index (χ2v) is 9.13. The molecule has 0 fully saturated rings. The highest BCUT2D eigenvalue weighted by Gasteiger charge is 2.28. The van der Waals surface area contributed by atoms with Crippen LogP contribution in [0, 0.1) is 0 Å². The second kappa shape index (κ2) is 9.28. The Morgan fingerprint density at radius 1 is 1.09 bits per heavy atom. The number of rotatable bonds is 9. The number of sulfonamides is 1. The molecule has 33 heavy (non-hydrogen) atoms. The maximum absolute atomic E-state index is 13.2. The molecular formula is C21H22N6O5S. The molecule has 0 spiro atoms. The van der Waals surface area contributed by atoms with E-state index in [0.29, 0.717) is 28.6 Å². The van der Waals surface area contributed by atoms with Crippen molar-refractivity contribution in [2.24, 2.45) is 0 Å². The molecule has 1 aromatic carbocycles. The number of benzene rings is 1. The highest BCUT2D eigenvalue weighted by atomic mass is 32.2. The van der Waals surface area contributed by atoms with E-state index in [2.05, 4.69) is 24.9 Å². The minimum absolute atomic E-state index is 0.0428. The third kappa shape index (κ3) is 4.51. The van der Waals surface area contributed by atoms with Gasteiger partial charge < -0.3 is 13.9 Å². The average molecular weight is 471 g/mol. The van der Waals surface area contributed by atoms with Gasteiger partial charge in [-0.3, -0.25) is 9.29 Å². The fraction of sp³-hybridized carbons (Fsp3) is 0.238. The molecule has 12 heteroatoms. The number of ether oxygens (including phenoxy) is 2. The molecule has 11 nitrogen and oxygen atoms in total. The first-order valence-corrected chi connectivity index (χ1v) is 11.5. The Morgan fingerprint density at radius 2 is 1.85 bits per heavy atom. The lowest BCUT2D eigenvalue weighted by Crippen LogP contribution is -2.29. The SMILES string of the molecule is COc1cccc(OC)c1-n1c(NS(=O)(=O)[C@@H](C)Cc2ccncn2)nnc1-c1ccco1. The van der Waals surface area contributed by atoms with Gasteiger partial charge >= 0.3 is 0 Å². The summed E-state index contributed by atoms with van der Waals surface area (Å²) >= 11 is 0. The maximum Gasteiger partial charge on any atom is 0.243 e. The molecule has 0 aliphatic rings. The summed E-state index contributed by atoms with van der Waals surface area (Å²) in [6, 6.07) is 10.3. The number of para-hydroxylation sites is 1. The highest BCUT2D eigenvalue weighted by molar-refractivity contribution is 7.93. The lowest BCUT2D eigenvalue weighted by Gasteiger charge is -2.18. The van der Waals surface area contributed by atoms with E-state index in [1.165, 1.54) is 31.4 Å². The Balaban J connectivity index is 1.79. The van der Waals surface area contributed by atoms with Crippen molar-refractivity contribution in [1.82, 2.24) is 24.7 Å². The van der Waals surface area contributed by atoms with Gasteiger partial charge in [-0.05, 0) is 37.3 Å². The van der Waals surface area contributed by atoms with Crippen LogP contribution in [0.4, 0.5) is 5.95 Å². The predicted molar refractivity (Wildman–Crippen MR) is 120 cm³/mol. The monoisotopic (exact) mass is 470 g/mol. The summed E-state index contributed by atoms with van der Waals surface area (Å²) in [6.45, 7) is 1.59. The molecule has 0 saturated heterocycles. The van der Waals surface area contributed by atoms with Crippen LogP contribution in [0.5, 0.6) is 11.5 Å². The number of anilines is 1. The first kappa shape index (κ1) is 22.3. The third-order valence-corrected chi connectivity index (χ3v) is 6.63. The van der Waals surface area contributed by atoms with Gasteiger partial charge in [-0.25, -0.2) is 18.4 Å². The fourth-order valence-corrected chi connectivity index (χ4v) is 4.23. The van der Waals surface area contributed by atoms with Crippen LogP contribution in [0.3, 0.4) is 0 Å². The van der Waals surface area contributed by atoms with Crippen LogP contribution in [0.25, 0.3) is 17.3 Å². The molecular weight excluding hydrogens is 448 g/mol. The van der Waals surface area contributed by atoms with Crippen LogP contribution < -0.4 is 14.2 Å². The Bertz CT molecular complexity index is 1300. The van der Waals surface area contributed by atoms with Crippen LogP contribution in [-0.4, -0.2) is 52.6 Å². The van der Waals surface area contributed by atoms with Crippen LogP contribution in [0.2, 0.25) is 0 Å². The molecule has 1 atom stereocenters. The van der Waals surface area contributed by atoms with Crippen molar-refractivity contribution in [2.45, 2.75) is 18.6 Å². The molecule has 0 aliphatic heterocycles. The van der Waals surface area contributed by atoms with Gasteiger partial charge in [0.25, 0.3) is 0 Å². The zero-order valence-corrected chi connectivity index (χ0v) is 19.0. The average Bonchev–Trinajstić information content (AvgIpc) is 3.49. The molecule has 3 heterocycles. The van der Waals surface area contributed by atoms with Gasteiger partial charge in [0, 0.05) is 18.3 Å². The number of aromatic nitrogens is 5. The van der Waals surface area contributed by atoms with Crippen molar-refractivity contribution >= 4 is 16.0 Å². The Labute approximate surface area is 190 Å². The number of hydrogen-bond donors (Lipinski definition) is 1. The molecule has 4 aromatic rings. The molecule has 172 valence electrons. The van der Waals surface area contributed by atoms with Gasteiger partial charge in [0.15, 0.2) is 5.76 Å². The summed E-state index contributed by atoms with van der Waals surface area (Å²) in [4.78, 5) is 7.96. The fourth-order valence-electron chi connectivity index (χ4n) is 3.25. The Morgan fingerprint density at radius 3 is 2.45 bits per heavy atom. The van der Waals surface area contributed by atoms with Gasteiger partial charge in [-0.1, -0.05) is 6.07 Å². The quantitative estimate of drug-likeness (QED) is 0.392. The molecule has 0 bridgehead atoms. The molecule has 0 amide bonds. The third-order valence-electron chi connectivity index (χ3n) is 4.93. The normalized spacial score (nSPS) is 12.3. The van der Waals surface area contributed by atoms with E-state index < -0.39 is 15.3 Å². The number of nitrogens with zero attached hydrogens (tertiary/aromatic N) is 5. The summed E-state index contributed by atoms with van der Waals surface area (Å²) in [5, 5.41) is 7.46. The largest absolute Gasteiger partial charge is 0.494 e. The Hall–Kier alpha value is -3.93. The number of hydrogen-bond acceptors (Lipinski definition) is 9. The van der Waals surface area contributed by atoms with Gasteiger partial charge in [-0.2, -0.15) is 0 Å². The minimum Gasteiger partial charge on any atom is -0.494 e. The molecule has 0 unspecified atom stereocenters. The van der Waals surface area contributed by atoms with Gasteiger partial charge in [-0.15, -0.1) is 10.2 Å². The first-order valence-electron chi connectivity index (χ1n) is 9.91. The zero-order chi connectivity index (χ0) is 23.4. The molecule has 0 saturated carbocycles. The maximum atomic E-state index is 13.2. The van der Waals surface area contributed by atoms with Gasteiger partial charge in [0.2, 0.25) is 21.8 Å². The van der Waals surface area contributed by atoms with Crippen molar-refractivity contribution in [3.8, 4) is 28.8 Å². The second-order valence-electron chi connectivity index (χ2n) is 7.03. The van der Waals surface area contributed by atoms with Gasteiger partial charge in [0.1, 0.15) is 23.5 Å². The highest BCUT2D eigenvalue weighted by Crippen LogP contribution is 2.37. The van der Waals surface area contributed by atoms with Crippen molar-refractivity contribution in [3.63, 3.8) is 0 Å². The molecule has 0 radical (unpaired) electrons. The number of methoxy groups -OCH3 is 2. The van der Waals surface area contributed by atoms with Crippen molar-refractivity contribution < 1.29 is 22.3 Å². The molecule has 0 aliphatic carbocycles. The standard InChI is InChI=1S/C21H22N6O5S/c1-14(12-15-9-10-22-13-23-15)33(28,29)26-21-25-24-20(18-8-5-11-32-18)27(21)19-16(30-2)6-4-7-17(19)31-3/h4-11,13-14H,12H2,1-3H3,(H,25,26)/t14-/m0/s1. The summed E-state index contributed by atoms with van der Waals surface area (Å²) in [5.41, 5.74) is 1.02. The Kier molecular flexibility index (Phi) is 6.27. The lowest BCUT2D eigenvalue weighted by molar-refractivity contribution is 0.391. The smallest absolute Gasteiger partial charge is 0.243 e. The van der Waals surface area contributed by atoms with E-state index in [4.69, 9.17) is 13.9 Å². The van der Waals surface area contributed by atoms with E-state index in [-0.39, 0.29) is 18.2 Å². The first-order chi connectivity index (χ1) is 15.9. The number of furan rings is 1. The van der Waals surface area contributed by atoms with Crippen LogP contribution in [-0.2, 0) is 16.4 Å². The predicted octanol–water partition coefficient (Wildman–Crippen LogP) is 2.71. The van der Waals surface area contributed by atoms with E-state index >= 15 is 0 Å². The lowest BCUT2D eigenvalue weighted by atomic mass is 10.2. The molecule has 1 N–H and O–H groups in total. The van der Waals surface area contributed by atoms with Gasteiger partial charge in [0.05, 0.1) is 25.7 Å². The van der Waals surface area contributed by atoms with E-state index in [0.717, 1.165) is 0 Å². The summed E-state index contributed by atoms with van der Waals surface area (Å²) < 4.78 is 46.9. The summed E-state index contributed by atoms with van der Waals surface area (Å²) in [5.74, 6) is 1.46. The zero-order valence-electron chi connectivity index (χ0n) is 18.2. The van der Waals surface area contributed by atoms with Crippen molar-refractivity contribution in [1.29, 1.82) is 0 Å².